The van der Waals surface area contributed by atoms with E-state index in [1.807, 2.05) is 48.5 Å². The summed E-state index contributed by atoms with van der Waals surface area (Å²) in [6.07, 6.45) is 0. The molecular formula is C17H11BrN4OS. The van der Waals surface area contributed by atoms with Crippen molar-refractivity contribution in [2.75, 3.05) is 0 Å². The summed E-state index contributed by atoms with van der Waals surface area (Å²) < 4.78 is 3.58. The lowest BCUT2D eigenvalue weighted by Gasteiger charge is -2.00. The van der Waals surface area contributed by atoms with Crippen molar-refractivity contribution in [1.82, 2.24) is 9.38 Å². The van der Waals surface area contributed by atoms with Crippen LogP contribution in [0.2, 0.25) is 0 Å². The summed E-state index contributed by atoms with van der Waals surface area (Å²) in [5, 5.41) is 8.32. The molecule has 2 aromatic carbocycles. The van der Waals surface area contributed by atoms with E-state index in [1.165, 1.54) is 11.3 Å². The Morgan fingerprint density at radius 2 is 1.83 bits per heavy atom. The van der Waals surface area contributed by atoms with Crippen molar-refractivity contribution in [3.8, 4) is 0 Å². The van der Waals surface area contributed by atoms with Crippen molar-refractivity contribution in [3.63, 3.8) is 0 Å². The van der Waals surface area contributed by atoms with E-state index in [2.05, 4.69) is 31.1 Å². The molecule has 0 saturated heterocycles. The molecule has 0 fully saturated rings. The van der Waals surface area contributed by atoms with E-state index >= 15 is 0 Å². The number of halogens is 1. The van der Waals surface area contributed by atoms with Gasteiger partial charge in [0.1, 0.15) is 0 Å². The van der Waals surface area contributed by atoms with Crippen LogP contribution in [0.4, 0.5) is 11.4 Å². The fourth-order valence-corrected chi connectivity index (χ4v) is 3.76. The van der Waals surface area contributed by atoms with Gasteiger partial charge in [0, 0.05) is 4.47 Å². The molecule has 0 aliphatic rings. The summed E-state index contributed by atoms with van der Waals surface area (Å²) in [6.45, 7) is 1.78. The van der Waals surface area contributed by atoms with Crippen molar-refractivity contribution < 1.29 is 0 Å². The van der Waals surface area contributed by atoms with Crippen LogP contribution in [0.15, 0.2) is 68.0 Å². The Balaban J connectivity index is 1.90. The molecule has 0 bridgehead atoms. The number of fused-ring (bicyclic) bond motifs is 3. The zero-order valence-electron chi connectivity index (χ0n) is 12.6. The molecule has 118 valence electrons. The van der Waals surface area contributed by atoms with Gasteiger partial charge in [0.15, 0.2) is 10.6 Å². The van der Waals surface area contributed by atoms with E-state index in [-0.39, 0.29) is 11.2 Å². The number of aryl methyl sites for hydroxylation is 1. The minimum absolute atomic E-state index is 0.198. The first-order chi connectivity index (χ1) is 11.6. The third-order valence-electron chi connectivity index (χ3n) is 3.60. The number of thiazole rings is 1. The van der Waals surface area contributed by atoms with Crippen LogP contribution in [0.3, 0.4) is 0 Å². The second-order valence-corrected chi connectivity index (χ2v) is 7.14. The fourth-order valence-electron chi connectivity index (χ4n) is 2.43. The predicted octanol–water partition coefficient (Wildman–Crippen LogP) is 5.40. The summed E-state index contributed by atoms with van der Waals surface area (Å²) in [6, 6.07) is 15.1. The van der Waals surface area contributed by atoms with Gasteiger partial charge in [-0.25, -0.2) is 9.38 Å². The molecule has 7 heteroatoms. The van der Waals surface area contributed by atoms with Crippen molar-refractivity contribution >= 4 is 53.8 Å². The SMILES string of the molecule is Cc1nc2sc3ccccc3n2c(=O)c1N=Nc1ccc(Br)cc1. The molecule has 0 amide bonds. The first-order valence-corrected chi connectivity index (χ1v) is 8.82. The van der Waals surface area contributed by atoms with E-state index < -0.39 is 0 Å². The Kier molecular flexibility index (Phi) is 3.74. The Morgan fingerprint density at radius 3 is 2.62 bits per heavy atom. The monoisotopic (exact) mass is 398 g/mol. The average molecular weight is 399 g/mol. The van der Waals surface area contributed by atoms with Gasteiger partial charge in [-0.15, -0.1) is 5.11 Å². The fraction of sp³-hybridized carbons (Fsp3) is 0.0588. The van der Waals surface area contributed by atoms with Gasteiger partial charge in [-0.1, -0.05) is 39.4 Å². The number of para-hydroxylation sites is 1. The third kappa shape index (κ3) is 2.55. The highest BCUT2D eigenvalue weighted by Crippen LogP contribution is 2.26. The molecule has 0 N–H and O–H groups in total. The highest BCUT2D eigenvalue weighted by atomic mass is 79.9. The zero-order chi connectivity index (χ0) is 16.7. The molecule has 24 heavy (non-hydrogen) atoms. The van der Waals surface area contributed by atoms with E-state index in [0.29, 0.717) is 16.3 Å². The van der Waals surface area contributed by atoms with Gasteiger partial charge >= 0.3 is 0 Å². The van der Waals surface area contributed by atoms with Crippen molar-refractivity contribution in [1.29, 1.82) is 0 Å². The molecule has 0 radical (unpaired) electrons. The van der Waals surface area contributed by atoms with Crippen LogP contribution >= 0.6 is 27.3 Å². The summed E-state index contributed by atoms with van der Waals surface area (Å²) in [4.78, 5) is 18.1. The molecule has 0 aliphatic heterocycles. The molecule has 5 nitrogen and oxygen atoms in total. The minimum atomic E-state index is -0.198. The van der Waals surface area contributed by atoms with E-state index in [9.17, 15) is 4.79 Å². The highest BCUT2D eigenvalue weighted by Gasteiger charge is 2.13. The van der Waals surface area contributed by atoms with Gasteiger partial charge in [-0.05, 0) is 43.3 Å². The smallest absolute Gasteiger partial charge is 0.266 e. The minimum Gasteiger partial charge on any atom is -0.266 e. The summed E-state index contributed by atoms with van der Waals surface area (Å²) >= 11 is 4.87. The summed E-state index contributed by atoms with van der Waals surface area (Å²) in [5.74, 6) is 0. The second kappa shape index (κ2) is 5.92. The van der Waals surface area contributed by atoms with Crippen LogP contribution in [-0.2, 0) is 0 Å². The summed E-state index contributed by atoms with van der Waals surface area (Å²) in [5.41, 5.74) is 2.16. The van der Waals surface area contributed by atoms with E-state index in [1.54, 1.807) is 11.3 Å². The normalized spacial score (nSPS) is 11.8. The Morgan fingerprint density at radius 1 is 1.08 bits per heavy atom. The molecule has 2 aromatic heterocycles. The second-order valence-electron chi connectivity index (χ2n) is 5.22. The Hall–Kier alpha value is -2.38. The van der Waals surface area contributed by atoms with Gasteiger partial charge in [0.05, 0.1) is 21.6 Å². The molecule has 0 atom stereocenters. The van der Waals surface area contributed by atoms with Crippen molar-refractivity contribution in [2.24, 2.45) is 10.2 Å². The Labute approximate surface area is 149 Å². The van der Waals surface area contributed by atoms with Crippen molar-refractivity contribution in [2.45, 2.75) is 6.92 Å². The van der Waals surface area contributed by atoms with Gasteiger partial charge < -0.3 is 0 Å². The van der Waals surface area contributed by atoms with E-state index in [4.69, 9.17) is 0 Å². The van der Waals surface area contributed by atoms with Gasteiger partial charge in [0.2, 0.25) is 0 Å². The molecule has 0 unspecified atom stereocenters. The van der Waals surface area contributed by atoms with Crippen molar-refractivity contribution in [3.05, 3.63) is 69.1 Å². The average Bonchev–Trinajstić information content (AvgIpc) is 2.94. The largest absolute Gasteiger partial charge is 0.287 e. The standard InChI is InChI=1S/C17H11BrN4OS/c1-10-15(21-20-12-8-6-11(18)7-9-12)16(23)22-13-4-2-3-5-14(13)24-17(22)19-10/h2-9H,1H3. The lowest BCUT2D eigenvalue weighted by molar-refractivity contribution is 1.04. The molecule has 0 aliphatic carbocycles. The molecule has 4 rings (SSSR count). The highest BCUT2D eigenvalue weighted by molar-refractivity contribution is 9.10. The third-order valence-corrected chi connectivity index (χ3v) is 5.15. The number of hydrogen-bond donors (Lipinski definition) is 0. The quantitative estimate of drug-likeness (QED) is 0.424. The number of nitrogens with zero attached hydrogens (tertiary/aromatic N) is 4. The van der Waals surface area contributed by atoms with Crippen LogP contribution in [0.1, 0.15) is 5.69 Å². The molecule has 4 aromatic rings. The maximum absolute atomic E-state index is 12.9. The number of hydrogen-bond acceptors (Lipinski definition) is 5. The predicted molar refractivity (Wildman–Crippen MR) is 99.9 cm³/mol. The lowest BCUT2D eigenvalue weighted by atomic mass is 10.3. The van der Waals surface area contributed by atoms with Gasteiger partial charge in [-0.2, -0.15) is 5.11 Å². The number of aromatic nitrogens is 2. The summed E-state index contributed by atoms with van der Waals surface area (Å²) in [7, 11) is 0. The van der Waals surface area contributed by atoms with Crippen LogP contribution in [0.25, 0.3) is 15.2 Å². The van der Waals surface area contributed by atoms with Gasteiger partial charge in [-0.3, -0.25) is 4.79 Å². The number of azo groups is 1. The molecule has 2 heterocycles. The maximum atomic E-state index is 12.9. The topological polar surface area (TPSA) is 59.1 Å². The molecular weight excluding hydrogens is 388 g/mol. The zero-order valence-corrected chi connectivity index (χ0v) is 15.0. The van der Waals surface area contributed by atoms with Crippen LogP contribution in [0.5, 0.6) is 0 Å². The number of rotatable bonds is 2. The first-order valence-electron chi connectivity index (χ1n) is 7.22. The first kappa shape index (κ1) is 15.2. The van der Waals surface area contributed by atoms with Crippen LogP contribution < -0.4 is 5.56 Å². The lowest BCUT2D eigenvalue weighted by Crippen LogP contribution is -2.14. The molecule has 0 spiro atoms. The van der Waals surface area contributed by atoms with Crippen LogP contribution in [0, 0.1) is 6.92 Å². The molecule has 0 saturated carbocycles. The number of benzene rings is 2. The van der Waals surface area contributed by atoms with Gasteiger partial charge in [0.25, 0.3) is 5.56 Å². The van der Waals surface area contributed by atoms with E-state index in [0.717, 1.165) is 14.7 Å². The maximum Gasteiger partial charge on any atom is 0.287 e. The Bertz CT molecular complexity index is 1150. The van der Waals surface area contributed by atoms with Crippen LogP contribution in [-0.4, -0.2) is 9.38 Å².